The Kier molecular flexibility index (Phi) is 5.42. The number of thiophene rings is 1. The van der Waals surface area contributed by atoms with Crippen molar-refractivity contribution >= 4 is 45.3 Å². The fourth-order valence-corrected chi connectivity index (χ4v) is 3.62. The number of anilines is 2. The van der Waals surface area contributed by atoms with Crippen LogP contribution in [0.3, 0.4) is 0 Å². The fourth-order valence-electron chi connectivity index (χ4n) is 2.28. The third-order valence-electron chi connectivity index (χ3n) is 3.45. The average Bonchev–Trinajstić information content (AvgIpc) is 3.06. The Morgan fingerprint density at radius 1 is 1.00 bits per heavy atom. The number of benzene rings is 2. The smallest absolute Gasteiger partial charge is 0.340 e. The minimum Gasteiger partial charge on any atom is -0.465 e. The second-order valence-corrected chi connectivity index (χ2v) is 6.62. The number of hydrogen-bond donors (Lipinski definition) is 2. The number of esters is 1. The van der Waals surface area contributed by atoms with Crippen molar-refractivity contribution in [1.29, 1.82) is 0 Å². The monoisotopic (exact) mass is 368 g/mol. The summed E-state index contributed by atoms with van der Waals surface area (Å²) < 4.78 is 4.89. The van der Waals surface area contributed by atoms with Crippen molar-refractivity contribution in [1.82, 2.24) is 0 Å². The van der Waals surface area contributed by atoms with Crippen LogP contribution in [0.2, 0.25) is 0 Å². The maximum Gasteiger partial charge on any atom is 0.340 e. The molecule has 2 aromatic carbocycles. The molecule has 0 atom stereocenters. The largest absolute Gasteiger partial charge is 0.465 e. The van der Waals surface area contributed by atoms with Crippen LogP contribution in [0.15, 0.2) is 66.7 Å². The summed E-state index contributed by atoms with van der Waals surface area (Å²) in [6.45, 7) is 0. The third-order valence-corrected chi connectivity index (χ3v) is 4.76. The molecule has 126 valence electrons. The van der Waals surface area contributed by atoms with Crippen LogP contribution in [0, 0.1) is 0 Å². The zero-order valence-electron chi connectivity index (χ0n) is 13.5. The molecule has 6 heteroatoms. The van der Waals surface area contributed by atoms with Crippen molar-refractivity contribution in [2.45, 2.75) is 0 Å². The third kappa shape index (κ3) is 4.23. The number of rotatable bonds is 4. The zero-order valence-corrected chi connectivity index (χ0v) is 15.1. The van der Waals surface area contributed by atoms with Crippen LogP contribution < -0.4 is 10.6 Å². The summed E-state index contributed by atoms with van der Waals surface area (Å²) in [5.74, 6) is -0.400. The molecule has 1 heterocycles. The van der Waals surface area contributed by atoms with E-state index in [1.807, 2.05) is 66.7 Å². The molecule has 1 aromatic heterocycles. The summed E-state index contributed by atoms with van der Waals surface area (Å²) in [6.07, 6.45) is 0. The van der Waals surface area contributed by atoms with E-state index in [0.29, 0.717) is 15.7 Å². The first-order chi connectivity index (χ1) is 12.2. The van der Waals surface area contributed by atoms with Crippen molar-refractivity contribution in [2.24, 2.45) is 0 Å². The molecule has 0 bridgehead atoms. The standard InChI is InChI=1S/C19H16N2O2S2/c1-23-18(22)15-12-16(13-8-4-2-5-9-13)25-17(15)21-19(24)20-14-10-6-3-7-11-14/h2-12H,1H3,(H2,20,21,24). The van der Waals surface area contributed by atoms with Gasteiger partial charge in [0, 0.05) is 10.6 Å². The predicted octanol–water partition coefficient (Wildman–Crippen LogP) is 5.01. The van der Waals surface area contributed by atoms with E-state index in [1.165, 1.54) is 18.4 Å². The van der Waals surface area contributed by atoms with Gasteiger partial charge in [-0.05, 0) is 36.0 Å². The van der Waals surface area contributed by atoms with Crippen LogP contribution in [0.1, 0.15) is 10.4 Å². The summed E-state index contributed by atoms with van der Waals surface area (Å²) in [6, 6.07) is 21.3. The molecule has 25 heavy (non-hydrogen) atoms. The second kappa shape index (κ2) is 7.92. The Labute approximate surface area is 155 Å². The molecular weight excluding hydrogens is 352 g/mol. The normalized spacial score (nSPS) is 10.1. The number of thiocarbonyl (C=S) groups is 1. The summed E-state index contributed by atoms with van der Waals surface area (Å²) >= 11 is 6.81. The highest BCUT2D eigenvalue weighted by molar-refractivity contribution is 7.80. The van der Waals surface area contributed by atoms with Gasteiger partial charge in [0.15, 0.2) is 5.11 Å². The maximum absolute atomic E-state index is 12.1. The lowest BCUT2D eigenvalue weighted by atomic mass is 10.1. The molecule has 4 nitrogen and oxygen atoms in total. The van der Waals surface area contributed by atoms with Crippen molar-refractivity contribution in [3.05, 3.63) is 72.3 Å². The van der Waals surface area contributed by atoms with Gasteiger partial charge < -0.3 is 15.4 Å². The lowest BCUT2D eigenvalue weighted by molar-refractivity contribution is 0.0602. The van der Waals surface area contributed by atoms with Gasteiger partial charge in [0.2, 0.25) is 0 Å². The van der Waals surface area contributed by atoms with Crippen molar-refractivity contribution in [2.75, 3.05) is 17.7 Å². The van der Waals surface area contributed by atoms with Crippen molar-refractivity contribution in [3.8, 4) is 10.4 Å². The molecule has 0 aliphatic rings. The Hall–Kier alpha value is -2.70. The van der Waals surface area contributed by atoms with Crippen LogP contribution in [0.4, 0.5) is 10.7 Å². The Bertz CT molecular complexity index is 877. The minimum atomic E-state index is -0.400. The van der Waals surface area contributed by atoms with E-state index in [9.17, 15) is 4.79 Å². The topological polar surface area (TPSA) is 50.4 Å². The number of nitrogens with one attached hydrogen (secondary N) is 2. The molecule has 0 unspecified atom stereocenters. The quantitative estimate of drug-likeness (QED) is 0.501. The van der Waals surface area contributed by atoms with Gasteiger partial charge in [-0.2, -0.15) is 0 Å². The van der Waals surface area contributed by atoms with Gasteiger partial charge in [0.25, 0.3) is 0 Å². The Balaban J connectivity index is 1.85. The minimum absolute atomic E-state index is 0.400. The number of para-hydroxylation sites is 1. The lowest BCUT2D eigenvalue weighted by Gasteiger charge is -2.10. The van der Waals surface area contributed by atoms with E-state index < -0.39 is 5.97 Å². The maximum atomic E-state index is 12.1. The number of methoxy groups -OCH3 is 1. The number of ether oxygens (including phenoxy) is 1. The van der Waals surface area contributed by atoms with Crippen LogP contribution in [0.5, 0.6) is 0 Å². The van der Waals surface area contributed by atoms with Crippen LogP contribution in [-0.4, -0.2) is 18.2 Å². The highest BCUT2D eigenvalue weighted by atomic mass is 32.1. The SMILES string of the molecule is COC(=O)c1cc(-c2ccccc2)sc1NC(=S)Nc1ccccc1. The number of hydrogen-bond acceptors (Lipinski definition) is 4. The summed E-state index contributed by atoms with van der Waals surface area (Å²) in [5.41, 5.74) is 2.37. The van der Waals surface area contributed by atoms with Gasteiger partial charge in [0.05, 0.1) is 12.7 Å². The fraction of sp³-hybridized carbons (Fsp3) is 0.0526. The van der Waals surface area contributed by atoms with Gasteiger partial charge in [-0.15, -0.1) is 11.3 Å². The molecule has 0 amide bonds. The Morgan fingerprint density at radius 3 is 2.28 bits per heavy atom. The van der Waals surface area contributed by atoms with E-state index in [-0.39, 0.29) is 0 Å². The molecule has 2 N–H and O–H groups in total. The van der Waals surface area contributed by atoms with E-state index >= 15 is 0 Å². The summed E-state index contributed by atoms with van der Waals surface area (Å²) in [4.78, 5) is 13.1. The molecule has 0 aliphatic heterocycles. The molecule has 0 saturated carbocycles. The van der Waals surface area contributed by atoms with Gasteiger partial charge in [-0.3, -0.25) is 0 Å². The van der Waals surface area contributed by atoms with E-state index in [1.54, 1.807) is 0 Å². The zero-order chi connectivity index (χ0) is 17.6. The number of carbonyl (C=O) groups excluding carboxylic acids is 1. The summed E-state index contributed by atoms with van der Waals surface area (Å²) in [7, 11) is 1.37. The van der Waals surface area contributed by atoms with Crippen molar-refractivity contribution < 1.29 is 9.53 Å². The van der Waals surface area contributed by atoms with Crippen molar-refractivity contribution in [3.63, 3.8) is 0 Å². The van der Waals surface area contributed by atoms with Gasteiger partial charge >= 0.3 is 5.97 Å². The molecule has 0 radical (unpaired) electrons. The van der Waals surface area contributed by atoms with E-state index in [4.69, 9.17) is 17.0 Å². The highest BCUT2D eigenvalue weighted by Crippen LogP contribution is 2.35. The van der Waals surface area contributed by atoms with E-state index in [2.05, 4.69) is 10.6 Å². The van der Waals surface area contributed by atoms with E-state index in [0.717, 1.165) is 16.1 Å². The molecule has 3 aromatic rings. The molecule has 0 saturated heterocycles. The first-order valence-electron chi connectivity index (χ1n) is 7.58. The Morgan fingerprint density at radius 2 is 1.64 bits per heavy atom. The average molecular weight is 368 g/mol. The second-order valence-electron chi connectivity index (χ2n) is 5.16. The predicted molar refractivity (Wildman–Crippen MR) is 107 cm³/mol. The molecule has 0 spiro atoms. The summed E-state index contributed by atoms with van der Waals surface area (Å²) in [5, 5.41) is 7.27. The van der Waals surface area contributed by atoms with Gasteiger partial charge in [-0.1, -0.05) is 48.5 Å². The van der Waals surface area contributed by atoms with Gasteiger partial charge in [-0.25, -0.2) is 4.79 Å². The molecule has 0 fully saturated rings. The molecule has 0 aliphatic carbocycles. The first-order valence-corrected chi connectivity index (χ1v) is 8.80. The van der Waals surface area contributed by atoms with Crippen LogP contribution in [-0.2, 0) is 4.74 Å². The molecule has 3 rings (SSSR count). The first kappa shape index (κ1) is 17.1. The number of carbonyl (C=O) groups is 1. The molecular formula is C19H16N2O2S2. The highest BCUT2D eigenvalue weighted by Gasteiger charge is 2.18. The lowest BCUT2D eigenvalue weighted by Crippen LogP contribution is -2.19. The van der Waals surface area contributed by atoms with Crippen LogP contribution >= 0.6 is 23.6 Å². The van der Waals surface area contributed by atoms with Gasteiger partial charge in [0.1, 0.15) is 5.00 Å². The van der Waals surface area contributed by atoms with Crippen LogP contribution in [0.25, 0.3) is 10.4 Å².